The number of carbonyl (C=O) groups is 1. The molecule has 0 radical (unpaired) electrons. The molecule has 2 aliphatic rings. The first-order chi connectivity index (χ1) is 14.1. The molecule has 0 saturated carbocycles. The quantitative estimate of drug-likeness (QED) is 0.781. The van der Waals surface area contributed by atoms with E-state index in [4.69, 9.17) is 10.00 Å². The van der Waals surface area contributed by atoms with E-state index in [-0.39, 0.29) is 17.3 Å². The first-order valence-corrected chi connectivity index (χ1v) is 10.2. The van der Waals surface area contributed by atoms with Gasteiger partial charge in [0.15, 0.2) is 0 Å². The van der Waals surface area contributed by atoms with E-state index < -0.39 is 0 Å². The molecule has 2 aromatic rings. The number of benzene rings is 2. The van der Waals surface area contributed by atoms with Crippen molar-refractivity contribution in [2.24, 2.45) is 5.92 Å². The van der Waals surface area contributed by atoms with E-state index >= 15 is 0 Å². The second-order valence-corrected chi connectivity index (χ2v) is 8.21. The highest BCUT2D eigenvalue weighted by Crippen LogP contribution is 2.39. The van der Waals surface area contributed by atoms with Crippen molar-refractivity contribution in [3.8, 4) is 6.07 Å². The van der Waals surface area contributed by atoms with Crippen LogP contribution in [-0.4, -0.2) is 36.1 Å². The van der Waals surface area contributed by atoms with Gasteiger partial charge in [0, 0.05) is 25.3 Å². The summed E-state index contributed by atoms with van der Waals surface area (Å²) >= 11 is 0. The minimum atomic E-state index is -0.184. The summed E-state index contributed by atoms with van der Waals surface area (Å²) in [5.41, 5.74) is 1.92. The molecule has 5 heteroatoms. The number of halogens is 1. The summed E-state index contributed by atoms with van der Waals surface area (Å²) in [5.74, 6) is 0.265. The lowest BCUT2D eigenvalue weighted by Crippen LogP contribution is -2.51. The number of hydrogen-bond donors (Lipinski definition) is 0. The minimum absolute atomic E-state index is 0.0240. The van der Waals surface area contributed by atoms with Crippen LogP contribution in [0, 0.1) is 23.1 Å². The van der Waals surface area contributed by atoms with Gasteiger partial charge in [0.25, 0.3) is 5.91 Å². The Hall–Kier alpha value is -2.71. The normalized spacial score (nSPS) is 21.0. The predicted octanol–water partition coefficient (Wildman–Crippen LogP) is 4.34. The van der Waals surface area contributed by atoms with Gasteiger partial charge in [0.05, 0.1) is 17.2 Å². The zero-order valence-electron chi connectivity index (χ0n) is 16.4. The van der Waals surface area contributed by atoms with Crippen molar-refractivity contribution in [3.63, 3.8) is 0 Å². The second kappa shape index (κ2) is 8.34. The van der Waals surface area contributed by atoms with Crippen molar-refractivity contribution in [1.29, 1.82) is 5.26 Å². The third kappa shape index (κ3) is 4.49. The molecule has 0 unspecified atom stereocenters. The molecule has 2 aromatic carbocycles. The molecule has 0 aromatic heterocycles. The number of piperidine rings is 1. The smallest absolute Gasteiger partial charge is 0.253 e. The van der Waals surface area contributed by atoms with Gasteiger partial charge < -0.3 is 9.64 Å². The average Bonchev–Trinajstić information content (AvgIpc) is 2.74. The van der Waals surface area contributed by atoms with Crippen LogP contribution in [0.25, 0.3) is 0 Å². The Labute approximate surface area is 170 Å². The van der Waals surface area contributed by atoms with E-state index in [1.807, 2.05) is 11.0 Å². The fraction of sp³-hybridized carbons (Fsp3) is 0.417. The molecule has 150 valence electrons. The van der Waals surface area contributed by atoms with Gasteiger partial charge in [0.2, 0.25) is 0 Å². The van der Waals surface area contributed by atoms with Gasteiger partial charge in [-0.25, -0.2) is 4.39 Å². The highest BCUT2D eigenvalue weighted by atomic mass is 19.1. The molecule has 1 amide bonds. The van der Waals surface area contributed by atoms with Crippen LogP contribution in [0.1, 0.15) is 47.2 Å². The van der Waals surface area contributed by atoms with E-state index in [0.717, 1.165) is 44.3 Å². The number of amides is 1. The Balaban J connectivity index is 1.37. The molecular weight excluding hydrogens is 367 g/mol. The second-order valence-electron chi connectivity index (χ2n) is 8.21. The van der Waals surface area contributed by atoms with Gasteiger partial charge in [-0.05, 0) is 73.9 Å². The summed E-state index contributed by atoms with van der Waals surface area (Å²) in [7, 11) is 0. The van der Waals surface area contributed by atoms with Gasteiger partial charge in [-0.15, -0.1) is 0 Å². The molecule has 29 heavy (non-hydrogen) atoms. The van der Waals surface area contributed by atoms with E-state index in [0.29, 0.717) is 30.1 Å². The van der Waals surface area contributed by atoms with Crippen LogP contribution in [0.15, 0.2) is 48.5 Å². The van der Waals surface area contributed by atoms with Gasteiger partial charge in [0.1, 0.15) is 5.82 Å². The van der Waals surface area contributed by atoms with Gasteiger partial charge in [-0.1, -0.05) is 18.2 Å². The zero-order valence-corrected chi connectivity index (χ0v) is 16.4. The number of rotatable bonds is 3. The third-order valence-corrected chi connectivity index (χ3v) is 6.21. The molecule has 0 N–H and O–H groups in total. The van der Waals surface area contributed by atoms with Crippen molar-refractivity contribution >= 4 is 5.91 Å². The molecule has 2 fully saturated rings. The Morgan fingerprint density at radius 3 is 2.76 bits per heavy atom. The molecule has 1 spiro atoms. The van der Waals surface area contributed by atoms with Crippen molar-refractivity contribution in [1.82, 2.24) is 4.90 Å². The van der Waals surface area contributed by atoms with Crippen LogP contribution in [-0.2, 0) is 11.2 Å². The number of ether oxygens (including phenoxy) is 1. The standard InChI is InChI=1S/C24H25FN2O2/c25-22-6-2-3-18(15-22)13-19-7-12-29-24(16-19)8-10-27(11-9-24)23(28)21-5-1-4-20(14-21)17-26/h1-6,14-15,19H,7-13,16H2/t19-/m1/s1. The van der Waals surface area contributed by atoms with E-state index in [1.54, 1.807) is 36.4 Å². The molecular formula is C24H25FN2O2. The fourth-order valence-electron chi connectivity index (χ4n) is 4.67. The highest BCUT2D eigenvalue weighted by Gasteiger charge is 2.41. The Kier molecular flexibility index (Phi) is 5.64. The van der Waals surface area contributed by atoms with Crippen LogP contribution in [0.5, 0.6) is 0 Å². The van der Waals surface area contributed by atoms with Crippen LogP contribution in [0.2, 0.25) is 0 Å². The number of nitrogens with zero attached hydrogens (tertiary/aromatic N) is 2. The highest BCUT2D eigenvalue weighted by molar-refractivity contribution is 5.94. The summed E-state index contributed by atoms with van der Waals surface area (Å²) in [6.45, 7) is 2.03. The zero-order chi connectivity index (χ0) is 20.3. The van der Waals surface area contributed by atoms with Crippen LogP contribution >= 0.6 is 0 Å². The molecule has 2 heterocycles. The van der Waals surface area contributed by atoms with Crippen molar-refractivity contribution < 1.29 is 13.9 Å². The lowest BCUT2D eigenvalue weighted by Gasteiger charge is -2.46. The number of carbonyl (C=O) groups excluding carboxylic acids is 1. The van der Waals surface area contributed by atoms with Gasteiger partial charge in [-0.2, -0.15) is 5.26 Å². The Bertz CT molecular complexity index is 928. The van der Waals surface area contributed by atoms with Crippen LogP contribution < -0.4 is 0 Å². The SMILES string of the molecule is N#Cc1cccc(C(=O)N2CCC3(CC2)C[C@@H](Cc2cccc(F)c2)CCO3)c1. The van der Waals surface area contributed by atoms with Crippen molar-refractivity contribution in [3.05, 3.63) is 71.0 Å². The van der Waals surface area contributed by atoms with Gasteiger partial charge >= 0.3 is 0 Å². The fourth-order valence-corrected chi connectivity index (χ4v) is 4.67. The third-order valence-electron chi connectivity index (χ3n) is 6.21. The first kappa shape index (κ1) is 19.6. The van der Waals surface area contributed by atoms with Crippen molar-refractivity contribution in [2.45, 2.75) is 37.7 Å². The summed E-state index contributed by atoms with van der Waals surface area (Å²) in [6.07, 6.45) is 4.44. The molecule has 2 aliphatic heterocycles. The lowest BCUT2D eigenvalue weighted by atomic mass is 9.77. The number of hydrogen-bond acceptors (Lipinski definition) is 3. The summed E-state index contributed by atoms with van der Waals surface area (Å²) in [5, 5.41) is 9.05. The summed E-state index contributed by atoms with van der Waals surface area (Å²) in [6, 6.07) is 15.8. The molecule has 4 nitrogen and oxygen atoms in total. The predicted molar refractivity (Wildman–Crippen MR) is 108 cm³/mol. The van der Waals surface area contributed by atoms with E-state index in [9.17, 15) is 9.18 Å². The van der Waals surface area contributed by atoms with Crippen LogP contribution in [0.4, 0.5) is 4.39 Å². The molecule has 1 atom stereocenters. The molecule has 0 bridgehead atoms. The summed E-state index contributed by atoms with van der Waals surface area (Å²) in [4.78, 5) is 14.7. The minimum Gasteiger partial charge on any atom is -0.375 e. The number of likely N-dealkylation sites (tertiary alicyclic amines) is 1. The Morgan fingerprint density at radius 2 is 2.00 bits per heavy atom. The topological polar surface area (TPSA) is 53.3 Å². The summed E-state index contributed by atoms with van der Waals surface area (Å²) < 4.78 is 19.7. The number of nitriles is 1. The first-order valence-electron chi connectivity index (χ1n) is 10.2. The van der Waals surface area contributed by atoms with Crippen molar-refractivity contribution in [2.75, 3.05) is 19.7 Å². The molecule has 4 rings (SSSR count). The maximum atomic E-state index is 13.5. The Morgan fingerprint density at radius 1 is 1.21 bits per heavy atom. The largest absolute Gasteiger partial charge is 0.375 e. The maximum absolute atomic E-state index is 13.5. The lowest BCUT2D eigenvalue weighted by molar-refractivity contribution is -0.123. The average molecular weight is 392 g/mol. The van der Waals surface area contributed by atoms with Crippen LogP contribution in [0.3, 0.4) is 0 Å². The van der Waals surface area contributed by atoms with Gasteiger partial charge in [-0.3, -0.25) is 4.79 Å². The molecule has 2 saturated heterocycles. The van der Waals surface area contributed by atoms with E-state index in [1.165, 1.54) is 6.07 Å². The molecule has 0 aliphatic carbocycles. The maximum Gasteiger partial charge on any atom is 0.253 e. The van der Waals surface area contributed by atoms with E-state index in [2.05, 4.69) is 6.07 Å². The monoisotopic (exact) mass is 392 g/mol.